The zero-order valence-corrected chi connectivity index (χ0v) is 14.5. The van der Waals surface area contributed by atoms with E-state index in [0.717, 1.165) is 19.3 Å². The lowest BCUT2D eigenvalue weighted by molar-refractivity contribution is -0.137. The molecular formula is C19H22O6. The third-order valence-corrected chi connectivity index (χ3v) is 3.55. The van der Waals surface area contributed by atoms with Crippen molar-refractivity contribution >= 4 is 12.1 Å². The van der Waals surface area contributed by atoms with E-state index in [0.29, 0.717) is 12.8 Å². The molecular weight excluding hydrogens is 324 g/mol. The van der Waals surface area contributed by atoms with Gasteiger partial charge in [-0.25, -0.2) is 4.79 Å². The summed E-state index contributed by atoms with van der Waals surface area (Å²) in [5.74, 6) is 15.0. The Morgan fingerprint density at radius 2 is 1.88 bits per heavy atom. The number of unbranched alkanes of at least 4 members (excludes halogenated alkanes) is 3. The van der Waals surface area contributed by atoms with Crippen molar-refractivity contribution in [2.45, 2.75) is 63.8 Å². The fourth-order valence-corrected chi connectivity index (χ4v) is 2.37. The van der Waals surface area contributed by atoms with Gasteiger partial charge < -0.3 is 19.3 Å². The molecule has 1 rings (SSSR count). The zero-order chi connectivity index (χ0) is 18.5. The first-order valence-corrected chi connectivity index (χ1v) is 8.12. The van der Waals surface area contributed by atoms with Crippen molar-refractivity contribution in [3.63, 3.8) is 0 Å². The fourth-order valence-electron chi connectivity index (χ4n) is 2.37. The molecule has 1 saturated heterocycles. The van der Waals surface area contributed by atoms with Crippen LogP contribution in [0.3, 0.4) is 0 Å². The average molecular weight is 346 g/mol. The number of carboxylic acids is 1. The standard InChI is InChI=1S/C19H22O6/c1-3-4-5-6-9-12-15(23-2)18-16(24-19(22)25-18)13-10-7-8-11-14-17(20)21/h15-16,18H,7-8,10-11,13-14H2,1-2H3,(H,20,21)/t15-,16+,18-/m1/s1. The summed E-state index contributed by atoms with van der Waals surface area (Å²) >= 11 is 0. The van der Waals surface area contributed by atoms with Gasteiger partial charge in [0, 0.05) is 13.5 Å². The fraction of sp³-hybridized carbons (Fsp3) is 0.579. The number of hydrogen-bond donors (Lipinski definition) is 1. The zero-order valence-electron chi connectivity index (χ0n) is 14.5. The lowest BCUT2D eigenvalue weighted by Crippen LogP contribution is -2.35. The van der Waals surface area contributed by atoms with E-state index in [1.165, 1.54) is 7.11 Å². The topological polar surface area (TPSA) is 82.1 Å². The molecule has 1 fully saturated rings. The van der Waals surface area contributed by atoms with Crippen molar-refractivity contribution < 1.29 is 28.9 Å². The number of ether oxygens (including phenoxy) is 3. The summed E-state index contributed by atoms with van der Waals surface area (Å²) in [5, 5.41) is 8.60. The smallest absolute Gasteiger partial charge is 0.481 e. The van der Waals surface area contributed by atoms with Crippen molar-refractivity contribution in [1.29, 1.82) is 0 Å². The first kappa shape index (κ1) is 20.4. The van der Waals surface area contributed by atoms with E-state index in [1.807, 2.05) is 0 Å². The van der Waals surface area contributed by atoms with E-state index in [-0.39, 0.29) is 6.42 Å². The van der Waals surface area contributed by atoms with Gasteiger partial charge in [-0.1, -0.05) is 24.7 Å². The maximum Gasteiger partial charge on any atom is 0.509 e. The second-order valence-electron chi connectivity index (χ2n) is 5.39. The second kappa shape index (κ2) is 11.8. The van der Waals surface area contributed by atoms with Gasteiger partial charge in [-0.05, 0) is 49.9 Å². The first-order valence-electron chi connectivity index (χ1n) is 8.12. The van der Waals surface area contributed by atoms with Crippen LogP contribution in [-0.2, 0) is 19.0 Å². The summed E-state index contributed by atoms with van der Waals surface area (Å²) in [5.41, 5.74) is 0. The van der Waals surface area contributed by atoms with E-state index in [4.69, 9.17) is 19.3 Å². The molecule has 0 bridgehead atoms. The average Bonchev–Trinajstić information content (AvgIpc) is 2.94. The molecule has 0 aromatic heterocycles. The van der Waals surface area contributed by atoms with Gasteiger partial charge in [0.25, 0.3) is 0 Å². The van der Waals surface area contributed by atoms with Crippen LogP contribution in [0.5, 0.6) is 0 Å². The molecule has 1 N–H and O–H groups in total. The minimum Gasteiger partial charge on any atom is -0.481 e. The van der Waals surface area contributed by atoms with E-state index in [9.17, 15) is 9.59 Å². The molecule has 1 aliphatic heterocycles. The van der Waals surface area contributed by atoms with Crippen molar-refractivity contribution in [2.24, 2.45) is 0 Å². The Morgan fingerprint density at radius 1 is 1.16 bits per heavy atom. The summed E-state index contributed by atoms with van der Waals surface area (Å²) in [6.45, 7) is 1.68. The van der Waals surface area contributed by atoms with Gasteiger partial charge in [-0.2, -0.15) is 0 Å². The molecule has 0 amide bonds. The van der Waals surface area contributed by atoms with Crippen LogP contribution in [-0.4, -0.2) is 42.7 Å². The Labute approximate surface area is 148 Å². The van der Waals surface area contributed by atoms with Crippen molar-refractivity contribution in [3.8, 4) is 35.5 Å². The predicted molar refractivity (Wildman–Crippen MR) is 90.3 cm³/mol. The highest BCUT2D eigenvalue weighted by Gasteiger charge is 2.41. The highest BCUT2D eigenvalue weighted by Crippen LogP contribution is 2.24. The van der Waals surface area contributed by atoms with Crippen LogP contribution in [0.4, 0.5) is 4.79 Å². The molecule has 0 aromatic rings. The normalized spacial score (nSPS) is 19.0. The minimum atomic E-state index is -0.785. The molecule has 0 spiro atoms. The molecule has 0 saturated carbocycles. The van der Waals surface area contributed by atoms with Gasteiger partial charge in [-0.3, -0.25) is 4.79 Å². The molecule has 25 heavy (non-hydrogen) atoms. The van der Waals surface area contributed by atoms with E-state index in [2.05, 4.69) is 35.5 Å². The number of carbonyl (C=O) groups is 2. The molecule has 6 nitrogen and oxygen atoms in total. The van der Waals surface area contributed by atoms with Gasteiger partial charge in [0.05, 0.1) is 0 Å². The third-order valence-electron chi connectivity index (χ3n) is 3.55. The highest BCUT2D eigenvalue weighted by molar-refractivity contribution is 5.66. The van der Waals surface area contributed by atoms with Gasteiger partial charge in [-0.15, -0.1) is 0 Å². The van der Waals surface area contributed by atoms with E-state index < -0.39 is 30.4 Å². The Balaban J connectivity index is 2.51. The third kappa shape index (κ3) is 8.15. The van der Waals surface area contributed by atoms with Crippen LogP contribution in [0, 0.1) is 35.5 Å². The molecule has 1 aliphatic rings. The maximum absolute atomic E-state index is 11.4. The number of cyclic esters (lactones) is 2. The van der Waals surface area contributed by atoms with Gasteiger partial charge in [0.1, 0.15) is 6.10 Å². The van der Waals surface area contributed by atoms with Crippen LogP contribution in [0.25, 0.3) is 0 Å². The lowest BCUT2D eigenvalue weighted by atomic mass is 10.0. The molecule has 0 radical (unpaired) electrons. The van der Waals surface area contributed by atoms with Crippen LogP contribution < -0.4 is 0 Å². The summed E-state index contributed by atoms with van der Waals surface area (Å²) in [7, 11) is 1.48. The Bertz CT molecular complexity index is 634. The summed E-state index contributed by atoms with van der Waals surface area (Å²) in [6, 6.07) is 0. The predicted octanol–water partition coefficient (Wildman–Crippen LogP) is 2.36. The summed E-state index contributed by atoms with van der Waals surface area (Å²) in [4.78, 5) is 21.9. The second-order valence-corrected chi connectivity index (χ2v) is 5.39. The Morgan fingerprint density at radius 3 is 2.56 bits per heavy atom. The summed E-state index contributed by atoms with van der Waals surface area (Å²) < 4.78 is 15.6. The minimum absolute atomic E-state index is 0.176. The Hall–Kier alpha value is -2.62. The first-order chi connectivity index (χ1) is 12.1. The molecule has 6 heteroatoms. The number of carboxylic acid groups (broad SMARTS) is 1. The summed E-state index contributed by atoms with van der Waals surface area (Å²) in [6.07, 6.45) is 1.50. The molecule has 3 atom stereocenters. The van der Waals surface area contributed by atoms with E-state index in [1.54, 1.807) is 6.92 Å². The maximum atomic E-state index is 11.4. The van der Waals surface area contributed by atoms with Gasteiger partial charge in [0.2, 0.25) is 0 Å². The van der Waals surface area contributed by atoms with Gasteiger partial charge >= 0.3 is 12.1 Å². The number of hydrogen-bond acceptors (Lipinski definition) is 5. The molecule has 0 unspecified atom stereocenters. The Kier molecular flexibility index (Phi) is 9.68. The molecule has 1 heterocycles. The molecule has 0 aromatic carbocycles. The SMILES string of the molecule is CC#CC#CC#C[C@@H](OC)[C@H]1OC(=O)O[C@H]1CCCCCCC(=O)O. The monoisotopic (exact) mass is 346 g/mol. The van der Waals surface area contributed by atoms with E-state index >= 15 is 0 Å². The van der Waals surface area contributed by atoms with Crippen LogP contribution >= 0.6 is 0 Å². The van der Waals surface area contributed by atoms with Crippen LogP contribution in [0.15, 0.2) is 0 Å². The van der Waals surface area contributed by atoms with Crippen LogP contribution in [0.2, 0.25) is 0 Å². The lowest BCUT2D eigenvalue weighted by Gasteiger charge is -2.19. The van der Waals surface area contributed by atoms with Gasteiger partial charge in [0.15, 0.2) is 12.2 Å². The number of rotatable bonds is 9. The van der Waals surface area contributed by atoms with Crippen molar-refractivity contribution in [3.05, 3.63) is 0 Å². The van der Waals surface area contributed by atoms with Crippen LogP contribution in [0.1, 0.15) is 45.4 Å². The van der Waals surface area contributed by atoms with Crippen molar-refractivity contribution in [2.75, 3.05) is 7.11 Å². The highest BCUT2D eigenvalue weighted by atomic mass is 16.8. The quantitative estimate of drug-likeness (QED) is 0.392. The largest absolute Gasteiger partial charge is 0.509 e. The number of methoxy groups -OCH3 is 1. The molecule has 134 valence electrons. The molecule has 0 aliphatic carbocycles. The van der Waals surface area contributed by atoms with Crippen molar-refractivity contribution in [1.82, 2.24) is 0 Å². The number of aliphatic carboxylic acids is 1. The number of carbonyl (C=O) groups excluding carboxylic acids is 1.